The van der Waals surface area contributed by atoms with E-state index in [1.807, 2.05) is 41.5 Å². The van der Waals surface area contributed by atoms with E-state index < -0.39 is 0 Å². The summed E-state index contributed by atoms with van der Waals surface area (Å²) in [6, 6.07) is 3.71. The summed E-state index contributed by atoms with van der Waals surface area (Å²) in [5.74, 6) is 0.464. The fraction of sp³-hybridized carbons (Fsp3) is 0.350. The topological polar surface area (TPSA) is 46.5 Å². The third-order valence-electron chi connectivity index (χ3n) is 4.77. The van der Waals surface area contributed by atoms with Crippen LogP contribution in [0.4, 0.5) is 0 Å². The number of esters is 1. The van der Waals surface area contributed by atoms with Gasteiger partial charge in [-0.1, -0.05) is 6.07 Å². The highest BCUT2D eigenvalue weighted by molar-refractivity contribution is 5.95. The van der Waals surface area contributed by atoms with Crippen molar-refractivity contribution in [2.45, 2.75) is 48.5 Å². The molecule has 122 valence electrons. The Labute approximate surface area is 137 Å². The number of ether oxygens (including phenoxy) is 1. The van der Waals surface area contributed by atoms with Gasteiger partial charge in [0, 0.05) is 0 Å². The van der Waals surface area contributed by atoms with Crippen molar-refractivity contribution in [1.29, 1.82) is 0 Å². The highest BCUT2D eigenvalue weighted by Crippen LogP contribution is 2.32. The second-order valence-corrected chi connectivity index (χ2v) is 6.32. The Bertz CT molecular complexity index is 775. The molecule has 2 rings (SSSR count). The van der Waals surface area contributed by atoms with Crippen LogP contribution in [0.1, 0.15) is 49.3 Å². The fourth-order valence-electron chi connectivity index (χ4n) is 2.85. The highest BCUT2D eigenvalue weighted by Gasteiger charge is 2.20. The smallest absolute Gasteiger partial charge is 0.344 e. The Morgan fingerprint density at radius 3 is 1.83 bits per heavy atom. The summed E-state index contributed by atoms with van der Waals surface area (Å²) in [5.41, 5.74) is 6.87. The SMILES string of the molecule is Cc1cc(C)c(C)c(OC(=O)c2c(C)cc(O)c(C)c2C)c1C. The normalized spacial score (nSPS) is 10.7. The van der Waals surface area contributed by atoms with Gasteiger partial charge < -0.3 is 9.84 Å². The molecule has 0 bridgehead atoms. The Hall–Kier alpha value is -2.29. The van der Waals surface area contributed by atoms with Crippen molar-refractivity contribution in [2.75, 3.05) is 0 Å². The number of carbonyl (C=O) groups is 1. The summed E-state index contributed by atoms with van der Waals surface area (Å²) in [4.78, 5) is 12.7. The van der Waals surface area contributed by atoms with Gasteiger partial charge in [-0.2, -0.15) is 0 Å². The molecule has 0 unspecified atom stereocenters. The molecule has 0 aliphatic rings. The third kappa shape index (κ3) is 2.96. The van der Waals surface area contributed by atoms with E-state index in [1.165, 1.54) is 0 Å². The number of hydrogen-bond acceptors (Lipinski definition) is 3. The molecule has 0 spiro atoms. The van der Waals surface area contributed by atoms with E-state index in [4.69, 9.17) is 4.74 Å². The molecular formula is C20H24O3. The molecule has 0 aliphatic heterocycles. The Morgan fingerprint density at radius 1 is 0.783 bits per heavy atom. The molecule has 0 saturated heterocycles. The zero-order chi connectivity index (χ0) is 17.5. The minimum Gasteiger partial charge on any atom is -0.508 e. The summed E-state index contributed by atoms with van der Waals surface area (Å²) in [6.07, 6.45) is 0. The summed E-state index contributed by atoms with van der Waals surface area (Å²) in [7, 11) is 0. The van der Waals surface area contributed by atoms with Crippen molar-refractivity contribution >= 4 is 5.97 Å². The van der Waals surface area contributed by atoms with Crippen LogP contribution < -0.4 is 4.74 Å². The number of phenols is 1. The summed E-state index contributed by atoms with van der Waals surface area (Å²) < 4.78 is 5.76. The first-order valence-electron chi connectivity index (χ1n) is 7.74. The second kappa shape index (κ2) is 6.07. The lowest BCUT2D eigenvalue weighted by molar-refractivity contribution is 0.0730. The fourth-order valence-corrected chi connectivity index (χ4v) is 2.85. The number of aryl methyl sites for hydroxylation is 3. The van der Waals surface area contributed by atoms with Crippen molar-refractivity contribution in [3.63, 3.8) is 0 Å². The first-order chi connectivity index (χ1) is 10.6. The monoisotopic (exact) mass is 312 g/mol. The Kier molecular flexibility index (Phi) is 4.51. The molecule has 3 heteroatoms. The van der Waals surface area contributed by atoms with Gasteiger partial charge in [0.1, 0.15) is 11.5 Å². The molecule has 0 aliphatic carbocycles. The molecule has 0 radical (unpaired) electrons. The van der Waals surface area contributed by atoms with Gasteiger partial charge >= 0.3 is 5.97 Å². The largest absolute Gasteiger partial charge is 0.508 e. The number of rotatable bonds is 2. The molecule has 0 fully saturated rings. The van der Waals surface area contributed by atoms with Gasteiger partial charge in [0.2, 0.25) is 0 Å². The van der Waals surface area contributed by atoms with Crippen LogP contribution in [0.15, 0.2) is 12.1 Å². The van der Waals surface area contributed by atoms with Crippen LogP contribution in [0.25, 0.3) is 0 Å². The minimum absolute atomic E-state index is 0.204. The van der Waals surface area contributed by atoms with E-state index in [2.05, 4.69) is 6.07 Å². The van der Waals surface area contributed by atoms with Gasteiger partial charge in [0.25, 0.3) is 0 Å². The predicted octanol–water partition coefficient (Wildman–Crippen LogP) is 4.77. The van der Waals surface area contributed by atoms with E-state index >= 15 is 0 Å². The van der Waals surface area contributed by atoms with Crippen LogP contribution in [0.2, 0.25) is 0 Å². The maximum atomic E-state index is 12.7. The number of phenolic OH excluding ortho intramolecular Hbond substituents is 1. The first-order valence-corrected chi connectivity index (χ1v) is 7.74. The maximum Gasteiger partial charge on any atom is 0.344 e. The quantitative estimate of drug-likeness (QED) is 0.642. The van der Waals surface area contributed by atoms with Gasteiger partial charge in [-0.05, 0) is 93.5 Å². The lowest BCUT2D eigenvalue weighted by Crippen LogP contribution is -2.15. The van der Waals surface area contributed by atoms with Crippen LogP contribution in [0.3, 0.4) is 0 Å². The molecule has 2 aromatic rings. The average Bonchev–Trinajstić information content (AvgIpc) is 2.47. The molecular weight excluding hydrogens is 288 g/mol. The van der Waals surface area contributed by atoms with Gasteiger partial charge in [0.15, 0.2) is 0 Å². The Balaban J connectivity index is 2.52. The van der Waals surface area contributed by atoms with E-state index in [1.54, 1.807) is 13.0 Å². The maximum absolute atomic E-state index is 12.7. The zero-order valence-corrected chi connectivity index (χ0v) is 14.9. The summed E-state index contributed by atoms with van der Waals surface area (Å²) >= 11 is 0. The van der Waals surface area contributed by atoms with Crippen LogP contribution in [0.5, 0.6) is 11.5 Å². The van der Waals surface area contributed by atoms with E-state index in [9.17, 15) is 9.90 Å². The van der Waals surface area contributed by atoms with Gasteiger partial charge in [0.05, 0.1) is 5.56 Å². The number of aromatic hydroxyl groups is 1. The highest BCUT2D eigenvalue weighted by atomic mass is 16.5. The van der Waals surface area contributed by atoms with Crippen molar-refractivity contribution in [3.8, 4) is 11.5 Å². The van der Waals surface area contributed by atoms with E-state index in [-0.39, 0.29) is 11.7 Å². The molecule has 23 heavy (non-hydrogen) atoms. The molecule has 0 atom stereocenters. The molecule has 0 aromatic heterocycles. The van der Waals surface area contributed by atoms with E-state index in [0.717, 1.165) is 33.4 Å². The van der Waals surface area contributed by atoms with Crippen LogP contribution >= 0.6 is 0 Å². The van der Waals surface area contributed by atoms with Crippen LogP contribution in [-0.4, -0.2) is 11.1 Å². The number of carbonyl (C=O) groups excluding carboxylic acids is 1. The van der Waals surface area contributed by atoms with Gasteiger partial charge in [-0.25, -0.2) is 4.79 Å². The number of hydrogen-bond donors (Lipinski definition) is 1. The Morgan fingerprint density at radius 2 is 1.30 bits per heavy atom. The minimum atomic E-state index is -0.376. The van der Waals surface area contributed by atoms with Crippen molar-refractivity contribution in [2.24, 2.45) is 0 Å². The van der Waals surface area contributed by atoms with Crippen molar-refractivity contribution < 1.29 is 14.6 Å². The molecule has 2 aromatic carbocycles. The van der Waals surface area contributed by atoms with Crippen molar-refractivity contribution in [1.82, 2.24) is 0 Å². The second-order valence-electron chi connectivity index (χ2n) is 6.32. The lowest BCUT2D eigenvalue weighted by Gasteiger charge is -2.17. The van der Waals surface area contributed by atoms with Crippen molar-refractivity contribution in [3.05, 3.63) is 56.6 Å². The lowest BCUT2D eigenvalue weighted by atomic mass is 9.97. The predicted molar refractivity (Wildman–Crippen MR) is 92.7 cm³/mol. The van der Waals surface area contributed by atoms with Crippen LogP contribution in [0, 0.1) is 48.5 Å². The molecule has 0 saturated carbocycles. The summed E-state index contributed by atoms with van der Waals surface area (Å²) in [5, 5.41) is 9.89. The summed E-state index contributed by atoms with van der Waals surface area (Å²) in [6.45, 7) is 13.4. The molecule has 0 heterocycles. The first kappa shape index (κ1) is 17.1. The van der Waals surface area contributed by atoms with Gasteiger partial charge in [-0.3, -0.25) is 0 Å². The molecule has 3 nitrogen and oxygen atoms in total. The standard InChI is InChI=1S/C20H24O3/c1-10-8-11(2)14(5)19(13(10)4)23-20(22)18-12(3)9-17(21)15(6)16(18)7/h8-9,21H,1-7H3. The average molecular weight is 312 g/mol. The molecule has 0 amide bonds. The zero-order valence-electron chi connectivity index (χ0n) is 14.9. The van der Waals surface area contributed by atoms with E-state index in [0.29, 0.717) is 16.9 Å². The molecule has 1 N–H and O–H groups in total. The third-order valence-corrected chi connectivity index (χ3v) is 4.77. The van der Waals surface area contributed by atoms with Crippen LogP contribution in [-0.2, 0) is 0 Å². The van der Waals surface area contributed by atoms with Gasteiger partial charge in [-0.15, -0.1) is 0 Å². The number of benzene rings is 2.